The van der Waals surface area contributed by atoms with Gasteiger partial charge in [0.2, 0.25) is 0 Å². The molecule has 1 amide bonds. The predicted molar refractivity (Wildman–Crippen MR) is 102 cm³/mol. The number of ether oxygens (including phenoxy) is 1. The van der Waals surface area contributed by atoms with Crippen molar-refractivity contribution < 1.29 is 14.3 Å². The summed E-state index contributed by atoms with van der Waals surface area (Å²) in [6.07, 6.45) is 9.60. The van der Waals surface area contributed by atoms with Crippen LogP contribution in [0.1, 0.15) is 58.6 Å². The van der Waals surface area contributed by atoms with Crippen LogP contribution in [0, 0.1) is 5.92 Å². The van der Waals surface area contributed by atoms with Crippen LogP contribution in [0.4, 0.5) is 0 Å². The molecule has 6 heteroatoms. The Balaban J connectivity index is 1.88. The van der Waals surface area contributed by atoms with Crippen LogP contribution < -0.4 is 0 Å². The molecular weight excluding hydrogens is 342 g/mol. The molecule has 144 valence electrons. The molecule has 1 heterocycles. The summed E-state index contributed by atoms with van der Waals surface area (Å²) < 4.78 is 6.78. The third-order valence-corrected chi connectivity index (χ3v) is 5.31. The molecule has 0 radical (unpaired) electrons. The van der Waals surface area contributed by atoms with Crippen LogP contribution in [0.2, 0.25) is 0 Å². The second-order valence-corrected chi connectivity index (χ2v) is 7.18. The molecular formula is C21H27N3O3. The maximum Gasteiger partial charge on any atom is 0.338 e. The fraction of sp³-hybridized carbons (Fsp3) is 0.476. The van der Waals surface area contributed by atoms with Gasteiger partial charge in [-0.05, 0) is 30.9 Å². The summed E-state index contributed by atoms with van der Waals surface area (Å²) in [7, 11) is 3.26. The van der Waals surface area contributed by atoms with Crippen molar-refractivity contribution in [1.82, 2.24) is 14.5 Å². The first-order valence-electron chi connectivity index (χ1n) is 9.53. The van der Waals surface area contributed by atoms with E-state index in [2.05, 4.69) is 4.98 Å². The quantitative estimate of drug-likeness (QED) is 0.732. The van der Waals surface area contributed by atoms with Gasteiger partial charge in [0.15, 0.2) is 0 Å². The zero-order valence-corrected chi connectivity index (χ0v) is 16.1. The summed E-state index contributed by atoms with van der Waals surface area (Å²) in [6, 6.07) is 6.85. The molecule has 0 bridgehead atoms. The lowest BCUT2D eigenvalue weighted by atomic mass is 9.88. The van der Waals surface area contributed by atoms with E-state index in [1.807, 2.05) is 22.7 Å². The van der Waals surface area contributed by atoms with Crippen LogP contribution >= 0.6 is 0 Å². The van der Waals surface area contributed by atoms with Crippen molar-refractivity contribution in [2.75, 3.05) is 13.7 Å². The number of carbonyl (C=O) groups is 2. The monoisotopic (exact) mass is 369 g/mol. The normalized spacial score (nSPS) is 14.7. The van der Waals surface area contributed by atoms with Crippen LogP contribution in [-0.4, -0.2) is 40.0 Å². The number of benzene rings is 1. The summed E-state index contributed by atoms with van der Waals surface area (Å²) in [5.74, 6) is 0.682. The predicted octanol–water partition coefficient (Wildman–Crippen LogP) is 3.43. The Hall–Kier alpha value is -2.63. The number of esters is 1. The molecule has 0 spiro atoms. The Bertz CT molecular complexity index is 793. The van der Waals surface area contributed by atoms with Crippen molar-refractivity contribution in [2.45, 2.75) is 38.6 Å². The lowest BCUT2D eigenvalue weighted by Gasteiger charge is -2.30. The van der Waals surface area contributed by atoms with E-state index in [4.69, 9.17) is 4.74 Å². The molecule has 1 aliphatic rings. The molecule has 1 aromatic carbocycles. The molecule has 0 unspecified atom stereocenters. The van der Waals surface area contributed by atoms with E-state index >= 15 is 0 Å². The van der Waals surface area contributed by atoms with Gasteiger partial charge in [0.1, 0.15) is 5.82 Å². The second kappa shape index (κ2) is 8.84. The second-order valence-electron chi connectivity index (χ2n) is 7.18. The average molecular weight is 369 g/mol. The number of hydrogen-bond acceptors (Lipinski definition) is 4. The molecule has 1 aromatic heterocycles. The Morgan fingerprint density at radius 3 is 2.52 bits per heavy atom. The molecule has 0 saturated heterocycles. The summed E-state index contributed by atoms with van der Waals surface area (Å²) in [5, 5.41) is 0. The first-order chi connectivity index (χ1) is 13.1. The highest BCUT2D eigenvalue weighted by Crippen LogP contribution is 2.26. The minimum Gasteiger partial charge on any atom is -0.465 e. The highest BCUT2D eigenvalue weighted by Gasteiger charge is 2.26. The van der Waals surface area contributed by atoms with E-state index < -0.39 is 5.97 Å². The number of aromatic nitrogens is 2. The van der Waals surface area contributed by atoms with Crippen molar-refractivity contribution in [1.29, 1.82) is 0 Å². The van der Waals surface area contributed by atoms with Gasteiger partial charge in [-0.25, -0.2) is 9.78 Å². The highest BCUT2D eigenvalue weighted by molar-refractivity contribution is 6.05. The molecule has 3 rings (SSSR count). The summed E-state index contributed by atoms with van der Waals surface area (Å²) in [6.45, 7) is 1.11. The molecule has 6 nitrogen and oxygen atoms in total. The van der Waals surface area contributed by atoms with Gasteiger partial charge in [-0.15, -0.1) is 0 Å². The number of aryl methyl sites for hydroxylation is 1. The van der Waals surface area contributed by atoms with Gasteiger partial charge >= 0.3 is 5.97 Å². The Morgan fingerprint density at radius 1 is 1.19 bits per heavy atom. The van der Waals surface area contributed by atoms with Crippen molar-refractivity contribution in [2.24, 2.45) is 13.0 Å². The molecule has 0 atom stereocenters. The molecule has 0 aliphatic heterocycles. The van der Waals surface area contributed by atoms with Gasteiger partial charge in [-0.2, -0.15) is 0 Å². The third-order valence-electron chi connectivity index (χ3n) is 5.31. The van der Waals surface area contributed by atoms with E-state index in [1.54, 1.807) is 30.5 Å². The molecule has 1 saturated carbocycles. The smallest absolute Gasteiger partial charge is 0.338 e. The van der Waals surface area contributed by atoms with E-state index in [0.29, 0.717) is 30.1 Å². The maximum absolute atomic E-state index is 13.4. The van der Waals surface area contributed by atoms with Gasteiger partial charge in [-0.3, -0.25) is 4.79 Å². The minimum atomic E-state index is -0.492. The molecule has 27 heavy (non-hydrogen) atoms. The van der Waals surface area contributed by atoms with Crippen LogP contribution in [0.25, 0.3) is 0 Å². The standard InChI is InChI=1S/C21H27N3O3/c1-23-13-12-22-19(23)15-24(14-16-8-4-3-5-9-16)20(25)17-10-6-7-11-18(17)21(26)27-2/h6-7,10-13,16H,3-5,8-9,14-15H2,1-2H3. The Kier molecular flexibility index (Phi) is 6.27. The van der Waals surface area contributed by atoms with E-state index in [1.165, 1.54) is 26.4 Å². The summed E-state index contributed by atoms with van der Waals surface area (Å²) >= 11 is 0. The number of imidazole rings is 1. The molecule has 2 aromatic rings. The zero-order valence-electron chi connectivity index (χ0n) is 16.1. The SMILES string of the molecule is COC(=O)c1ccccc1C(=O)N(Cc1nccn1C)CC1CCCCC1. The fourth-order valence-electron chi connectivity index (χ4n) is 3.75. The topological polar surface area (TPSA) is 64.4 Å². The van der Waals surface area contributed by atoms with Gasteiger partial charge in [-0.1, -0.05) is 31.4 Å². The lowest BCUT2D eigenvalue weighted by Crippen LogP contribution is -2.37. The number of nitrogens with zero attached hydrogens (tertiary/aromatic N) is 3. The first kappa shape index (κ1) is 19.1. The largest absolute Gasteiger partial charge is 0.465 e. The number of carbonyl (C=O) groups excluding carboxylic acids is 2. The van der Waals surface area contributed by atoms with Crippen molar-refractivity contribution in [3.05, 3.63) is 53.6 Å². The van der Waals surface area contributed by atoms with E-state index in [-0.39, 0.29) is 5.91 Å². The molecule has 1 aliphatic carbocycles. The summed E-state index contributed by atoms with van der Waals surface area (Å²) in [4.78, 5) is 31.7. The number of methoxy groups -OCH3 is 1. The highest BCUT2D eigenvalue weighted by atomic mass is 16.5. The van der Waals surface area contributed by atoms with Crippen LogP contribution in [0.5, 0.6) is 0 Å². The van der Waals surface area contributed by atoms with E-state index in [0.717, 1.165) is 18.7 Å². The van der Waals surface area contributed by atoms with Gasteiger partial charge in [0, 0.05) is 26.0 Å². The number of hydrogen-bond donors (Lipinski definition) is 0. The number of rotatable bonds is 6. The average Bonchev–Trinajstić information content (AvgIpc) is 3.11. The van der Waals surface area contributed by atoms with Gasteiger partial charge < -0.3 is 14.2 Å². The van der Waals surface area contributed by atoms with Crippen LogP contribution in [0.3, 0.4) is 0 Å². The Morgan fingerprint density at radius 2 is 1.89 bits per heavy atom. The van der Waals surface area contributed by atoms with Crippen molar-refractivity contribution in [3.63, 3.8) is 0 Å². The zero-order chi connectivity index (χ0) is 19.2. The third kappa shape index (κ3) is 4.56. The lowest BCUT2D eigenvalue weighted by molar-refractivity contribution is 0.0584. The maximum atomic E-state index is 13.4. The Labute approximate surface area is 160 Å². The van der Waals surface area contributed by atoms with Crippen LogP contribution in [-0.2, 0) is 18.3 Å². The minimum absolute atomic E-state index is 0.149. The summed E-state index contributed by atoms with van der Waals surface area (Å²) in [5.41, 5.74) is 0.688. The van der Waals surface area contributed by atoms with Crippen molar-refractivity contribution >= 4 is 11.9 Å². The van der Waals surface area contributed by atoms with Crippen molar-refractivity contribution in [3.8, 4) is 0 Å². The van der Waals surface area contributed by atoms with E-state index in [9.17, 15) is 9.59 Å². The first-order valence-corrected chi connectivity index (χ1v) is 9.53. The molecule has 0 N–H and O–H groups in total. The number of amides is 1. The molecule has 1 fully saturated rings. The van der Waals surface area contributed by atoms with Crippen LogP contribution in [0.15, 0.2) is 36.7 Å². The van der Waals surface area contributed by atoms with Gasteiger partial charge in [0.05, 0.1) is 24.8 Å². The van der Waals surface area contributed by atoms with Gasteiger partial charge in [0.25, 0.3) is 5.91 Å². The fourth-order valence-corrected chi connectivity index (χ4v) is 3.75.